The van der Waals surface area contributed by atoms with Crippen molar-refractivity contribution >= 4 is 15.9 Å². The summed E-state index contributed by atoms with van der Waals surface area (Å²) in [5.41, 5.74) is 1.41. The van der Waals surface area contributed by atoms with E-state index in [0.717, 1.165) is 12.0 Å². The van der Waals surface area contributed by atoms with E-state index in [1.807, 2.05) is 13.1 Å². The fourth-order valence-electron chi connectivity index (χ4n) is 3.15. The van der Waals surface area contributed by atoms with Crippen molar-refractivity contribution in [2.24, 2.45) is 5.41 Å². The Labute approximate surface area is 117 Å². The number of nitrogens with one attached hydrogen (secondary N) is 1. The zero-order chi connectivity index (χ0) is 13.2. The third-order valence-electron chi connectivity index (χ3n) is 4.39. The molecule has 0 bridgehead atoms. The number of hydrogen-bond acceptors (Lipinski definition) is 1. The maximum absolute atomic E-state index is 13.5. The highest BCUT2D eigenvalue weighted by Crippen LogP contribution is 2.41. The molecule has 1 fully saturated rings. The lowest BCUT2D eigenvalue weighted by molar-refractivity contribution is 0.229. The minimum Gasteiger partial charge on any atom is -0.316 e. The first-order valence-corrected chi connectivity index (χ1v) is 7.46. The van der Waals surface area contributed by atoms with E-state index in [0.29, 0.717) is 15.9 Å². The molecular weight excluding hydrogens is 293 g/mol. The monoisotopic (exact) mass is 313 g/mol. The molecule has 0 radical (unpaired) electrons. The van der Waals surface area contributed by atoms with Gasteiger partial charge in [-0.25, -0.2) is 4.39 Å². The summed E-state index contributed by atoms with van der Waals surface area (Å²) in [4.78, 5) is 0. The lowest BCUT2D eigenvalue weighted by Gasteiger charge is -2.34. The number of benzene rings is 1. The van der Waals surface area contributed by atoms with E-state index in [1.165, 1.54) is 31.7 Å². The highest BCUT2D eigenvalue weighted by molar-refractivity contribution is 9.10. The molecule has 1 nitrogen and oxygen atoms in total. The Hall–Kier alpha value is -0.410. The van der Waals surface area contributed by atoms with Crippen LogP contribution < -0.4 is 5.32 Å². The van der Waals surface area contributed by atoms with Gasteiger partial charge in [0.05, 0.1) is 4.47 Å². The largest absolute Gasteiger partial charge is 0.316 e. The van der Waals surface area contributed by atoms with Gasteiger partial charge < -0.3 is 5.32 Å². The first-order chi connectivity index (χ1) is 8.57. The normalized spacial score (nSPS) is 20.0. The van der Waals surface area contributed by atoms with Crippen molar-refractivity contribution in [1.82, 2.24) is 5.32 Å². The van der Waals surface area contributed by atoms with Gasteiger partial charge in [0.2, 0.25) is 0 Å². The molecule has 1 aliphatic rings. The third-order valence-corrected chi connectivity index (χ3v) is 5.28. The summed E-state index contributed by atoms with van der Waals surface area (Å²) in [5.74, 6) is -0.168. The van der Waals surface area contributed by atoms with Gasteiger partial charge in [-0.2, -0.15) is 0 Å². The molecule has 3 heteroatoms. The summed E-state index contributed by atoms with van der Waals surface area (Å²) in [5, 5.41) is 3.44. The highest BCUT2D eigenvalue weighted by Gasteiger charge is 2.36. The van der Waals surface area contributed by atoms with Crippen LogP contribution in [-0.4, -0.2) is 13.1 Å². The van der Waals surface area contributed by atoms with Crippen molar-refractivity contribution in [2.45, 2.75) is 45.1 Å². The topological polar surface area (TPSA) is 12.0 Å². The minimum absolute atomic E-state index is 0.168. The maximum atomic E-state index is 13.5. The van der Waals surface area contributed by atoms with Crippen LogP contribution in [0.15, 0.2) is 22.7 Å². The van der Waals surface area contributed by atoms with Crippen molar-refractivity contribution in [1.29, 1.82) is 0 Å². The van der Waals surface area contributed by atoms with Crippen molar-refractivity contribution in [2.75, 3.05) is 7.05 Å². The van der Waals surface area contributed by atoms with Crippen LogP contribution in [0.5, 0.6) is 0 Å². The summed E-state index contributed by atoms with van der Waals surface area (Å²) in [6.07, 6.45) is 6.06. The van der Waals surface area contributed by atoms with E-state index in [1.54, 1.807) is 6.07 Å². The van der Waals surface area contributed by atoms with Gasteiger partial charge in [0, 0.05) is 6.04 Å². The van der Waals surface area contributed by atoms with Crippen LogP contribution in [0, 0.1) is 11.2 Å². The molecule has 0 aromatic heterocycles. The molecule has 1 N–H and O–H groups in total. The molecule has 1 aromatic carbocycles. The lowest BCUT2D eigenvalue weighted by atomic mass is 9.78. The van der Waals surface area contributed by atoms with Gasteiger partial charge in [-0.05, 0) is 59.3 Å². The SMILES string of the molecule is CNC(Cc1cccc(F)c1Br)C1(C)CCCC1. The van der Waals surface area contributed by atoms with E-state index in [4.69, 9.17) is 0 Å². The standard InChI is InChI=1S/C15H21BrFN/c1-15(8-3-4-9-15)13(18-2)10-11-6-5-7-12(17)14(11)16/h5-7,13,18H,3-4,8-10H2,1-2H3. The zero-order valence-electron chi connectivity index (χ0n) is 11.1. The Morgan fingerprint density at radius 3 is 2.67 bits per heavy atom. The number of rotatable bonds is 4. The molecule has 18 heavy (non-hydrogen) atoms. The molecule has 0 spiro atoms. The minimum atomic E-state index is -0.168. The van der Waals surface area contributed by atoms with Gasteiger partial charge in [0.15, 0.2) is 0 Å². The Morgan fingerprint density at radius 2 is 2.06 bits per heavy atom. The predicted molar refractivity (Wildman–Crippen MR) is 77.2 cm³/mol. The quantitative estimate of drug-likeness (QED) is 0.874. The Kier molecular flexibility index (Phi) is 4.44. The average molecular weight is 314 g/mol. The number of halogens is 2. The second kappa shape index (κ2) is 5.70. The molecule has 1 unspecified atom stereocenters. The summed E-state index contributed by atoms with van der Waals surface area (Å²) >= 11 is 3.36. The number of likely N-dealkylation sites (N-methyl/N-ethyl adjacent to an activating group) is 1. The fourth-order valence-corrected chi connectivity index (χ4v) is 3.58. The van der Waals surface area contributed by atoms with Gasteiger partial charge in [0.25, 0.3) is 0 Å². The molecule has 0 amide bonds. The first kappa shape index (κ1) is 14.0. The third kappa shape index (κ3) is 2.77. The average Bonchev–Trinajstić information content (AvgIpc) is 2.79. The summed E-state index contributed by atoms with van der Waals surface area (Å²) in [7, 11) is 2.02. The van der Waals surface area contributed by atoms with Crippen LogP contribution >= 0.6 is 15.9 Å². The second-order valence-corrected chi connectivity index (χ2v) is 6.41. The lowest BCUT2D eigenvalue weighted by Crippen LogP contribution is -2.42. The van der Waals surface area contributed by atoms with Gasteiger partial charge in [-0.15, -0.1) is 0 Å². The van der Waals surface area contributed by atoms with Crippen LogP contribution in [0.4, 0.5) is 4.39 Å². The Balaban J connectivity index is 2.17. The van der Waals surface area contributed by atoms with Crippen molar-refractivity contribution in [3.8, 4) is 0 Å². The predicted octanol–water partition coefficient (Wildman–Crippen LogP) is 4.30. The molecule has 1 aliphatic carbocycles. The Bertz CT molecular complexity index is 413. The molecule has 1 atom stereocenters. The van der Waals surface area contributed by atoms with Gasteiger partial charge in [-0.1, -0.05) is 31.9 Å². The van der Waals surface area contributed by atoms with Crippen molar-refractivity contribution in [3.05, 3.63) is 34.1 Å². The van der Waals surface area contributed by atoms with Gasteiger partial charge >= 0.3 is 0 Å². The van der Waals surface area contributed by atoms with Crippen LogP contribution in [0.1, 0.15) is 38.2 Å². The van der Waals surface area contributed by atoms with E-state index < -0.39 is 0 Å². The van der Waals surface area contributed by atoms with Crippen LogP contribution in [0.25, 0.3) is 0 Å². The molecular formula is C15H21BrFN. The molecule has 1 saturated carbocycles. The molecule has 2 rings (SSSR count). The molecule has 100 valence electrons. The number of hydrogen-bond donors (Lipinski definition) is 1. The Morgan fingerprint density at radius 1 is 1.39 bits per heavy atom. The van der Waals surface area contributed by atoms with E-state index in [-0.39, 0.29) is 5.82 Å². The van der Waals surface area contributed by atoms with E-state index in [2.05, 4.69) is 28.2 Å². The molecule has 0 aliphatic heterocycles. The van der Waals surface area contributed by atoms with Crippen LogP contribution in [-0.2, 0) is 6.42 Å². The summed E-state index contributed by atoms with van der Waals surface area (Å²) in [6.45, 7) is 2.36. The van der Waals surface area contributed by atoms with Crippen molar-refractivity contribution < 1.29 is 4.39 Å². The molecule has 0 heterocycles. The summed E-state index contributed by atoms with van der Waals surface area (Å²) in [6, 6.07) is 5.71. The van der Waals surface area contributed by atoms with Crippen LogP contribution in [0.2, 0.25) is 0 Å². The zero-order valence-corrected chi connectivity index (χ0v) is 12.7. The summed E-state index contributed by atoms with van der Waals surface area (Å²) < 4.78 is 14.2. The van der Waals surface area contributed by atoms with Crippen molar-refractivity contribution in [3.63, 3.8) is 0 Å². The van der Waals surface area contributed by atoms with E-state index >= 15 is 0 Å². The maximum Gasteiger partial charge on any atom is 0.137 e. The fraction of sp³-hybridized carbons (Fsp3) is 0.600. The molecule has 0 saturated heterocycles. The van der Waals surface area contributed by atoms with E-state index in [9.17, 15) is 4.39 Å². The smallest absolute Gasteiger partial charge is 0.137 e. The molecule has 1 aromatic rings. The highest BCUT2D eigenvalue weighted by atomic mass is 79.9. The van der Waals surface area contributed by atoms with Crippen LogP contribution in [0.3, 0.4) is 0 Å². The first-order valence-electron chi connectivity index (χ1n) is 6.67. The second-order valence-electron chi connectivity index (χ2n) is 5.62. The van der Waals surface area contributed by atoms with Gasteiger partial charge in [-0.3, -0.25) is 0 Å². The van der Waals surface area contributed by atoms with Gasteiger partial charge in [0.1, 0.15) is 5.82 Å².